The van der Waals surface area contributed by atoms with Crippen LogP contribution in [-0.2, 0) is 4.79 Å². The quantitative estimate of drug-likeness (QED) is 0.470. The van der Waals surface area contributed by atoms with Crippen molar-refractivity contribution in [3.05, 3.63) is 24.1 Å². The van der Waals surface area contributed by atoms with Crippen molar-refractivity contribution in [2.45, 2.75) is 85.1 Å². The number of piperazine rings is 1. The van der Waals surface area contributed by atoms with Gasteiger partial charge in [-0.3, -0.25) is 19.6 Å². The maximum atomic E-state index is 15.0. The molecule has 0 N–H and O–H groups in total. The Morgan fingerprint density at radius 3 is 2.59 bits per heavy atom. The molecule has 0 aromatic heterocycles. The zero-order valence-electron chi connectivity index (χ0n) is 22.3. The zero-order valence-corrected chi connectivity index (χ0v) is 22.3. The molecule has 1 saturated carbocycles. The Morgan fingerprint density at radius 1 is 1.21 bits per heavy atom. The number of carbonyl (C=O) groups is 1. The summed E-state index contributed by atoms with van der Waals surface area (Å²) in [6, 6.07) is 0. The molecule has 6 heteroatoms. The van der Waals surface area contributed by atoms with Crippen LogP contribution >= 0.6 is 0 Å². The van der Waals surface area contributed by atoms with Crippen molar-refractivity contribution in [3.63, 3.8) is 0 Å². The van der Waals surface area contributed by atoms with E-state index in [0.29, 0.717) is 19.5 Å². The fourth-order valence-electron chi connectivity index (χ4n) is 6.00. The summed E-state index contributed by atoms with van der Waals surface area (Å²) >= 11 is 0. The topological polar surface area (TPSA) is 39.2 Å². The molecule has 5 nitrogen and oxygen atoms in total. The second-order valence-electron chi connectivity index (χ2n) is 11.5. The minimum Gasteiger partial charge on any atom is -0.301 e. The monoisotopic (exact) mass is 474 g/mol. The minimum atomic E-state index is -0.407. The highest BCUT2D eigenvalue weighted by Crippen LogP contribution is 2.45. The van der Waals surface area contributed by atoms with Crippen LogP contribution in [0.5, 0.6) is 0 Å². The van der Waals surface area contributed by atoms with Crippen LogP contribution in [0.4, 0.5) is 4.39 Å². The Bertz CT molecular complexity index is 781. The third-order valence-electron chi connectivity index (χ3n) is 8.23. The molecule has 3 aliphatic rings. The summed E-state index contributed by atoms with van der Waals surface area (Å²) in [5.74, 6) is 0.538. The number of aliphatic imine (C=N–C) groups is 1. The third kappa shape index (κ3) is 6.78. The number of nitrogens with zero attached hydrogens (tertiary/aromatic N) is 4. The molecule has 0 aromatic carbocycles. The van der Waals surface area contributed by atoms with Crippen LogP contribution in [0.1, 0.15) is 79.6 Å². The normalized spacial score (nSPS) is 27.0. The van der Waals surface area contributed by atoms with Gasteiger partial charge in [-0.1, -0.05) is 59.6 Å². The van der Waals surface area contributed by atoms with Crippen LogP contribution in [0.2, 0.25) is 0 Å². The fraction of sp³-hybridized carbons (Fsp3) is 0.786. The van der Waals surface area contributed by atoms with E-state index in [1.165, 1.54) is 31.9 Å². The molecule has 0 spiro atoms. The number of hydrogen-bond acceptors (Lipinski definition) is 4. The Kier molecular flexibility index (Phi) is 9.50. The highest BCUT2D eigenvalue weighted by atomic mass is 19.1. The van der Waals surface area contributed by atoms with Crippen LogP contribution in [0.3, 0.4) is 0 Å². The number of amides is 1. The number of amidine groups is 1. The molecule has 1 saturated heterocycles. The van der Waals surface area contributed by atoms with Crippen molar-refractivity contribution in [2.75, 3.05) is 45.8 Å². The Hall–Kier alpha value is -1.53. The standard InChI is InChI=1S/C28H47FN4O/c1-6-23(3)12-16-31-17-19-32(20-18-31)28(14-10-13-27(4,5)21-28)22-33(25(34)7-2)26-24(29)11-8-9-15-30-26/h8-9,11,23H,6-7,10,12-22H2,1-5H3. The highest BCUT2D eigenvalue weighted by molar-refractivity contribution is 6.06. The molecule has 0 radical (unpaired) electrons. The smallest absolute Gasteiger partial charge is 0.227 e. The lowest BCUT2D eigenvalue weighted by Crippen LogP contribution is -2.64. The summed E-state index contributed by atoms with van der Waals surface area (Å²) in [4.78, 5) is 24.6. The van der Waals surface area contributed by atoms with Crippen molar-refractivity contribution in [2.24, 2.45) is 16.3 Å². The Labute approximate surface area is 207 Å². The van der Waals surface area contributed by atoms with Gasteiger partial charge in [0.2, 0.25) is 5.91 Å². The molecule has 0 bridgehead atoms. The summed E-state index contributed by atoms with van der Waals surface area (Å²) in [6.45, 7) is 17.4. The molecular formula is C28H47FN4O. The van der Waals surface area contributed by atoms with Crippen molar-refractivity contribution < 1.29 is 9.18 Å². The van der Waals surface area contributed by atoms with E-state index in [-0.39, 0.29) is 22.7 Å². The van der Waals surface area contributed by atoms with Gasteiger partial charge in [-0.2, -0.15) is 0 Å². The average molecular weight is 475 g/mol. The first kappa shape index (κ1) is 27.1. The molecule has 192 valence electrons. The van der Waals surface area contributed by atoms with Crippen molar-refractivity contribution >= 4 is 11.7 Å². The summed E-state index contributed by atoms with van der Waals surface area (Å²) in [7, 11) is 0. The minimum absolute atomic E-state index is 0.0425. The maximum absolute atomic E-state index is 15.0. The van der Waals surface area contributed by atoms with E-state index >= 15 is 4.39 Å². The predicted molar refractivity (Wildman–Crippen MR) is 140 cm³/mol. The summed E-state index contributed by atoms with van der Waals surface area (Å²) in [6.07, 6.45) is 12.2. The molecule has 2 atom stereocenters. The number of allylic oxidation sites excluding steroid dienone is 2. The molecule has 34 heavy (non-hydrogen) atoms. The first-order chi connectivity index (χ1) is 16.2. The van der Waals surface area contributed by atoms with Crippen LogP contribution in [0.15, 0.2) is 29.0 Å². The summed E-state index contributed by atoms with van der Waals surface area (Å²) in [5.41, 5.74) is 0.0615. The number of carbonyl (C=O) groups excluding carboxylic acids is 1. The van der Waals surface area contributed by atoms with Gasteiger partial charge in [-0.25, -0.2) is 4.39 Å². The SMILES string of the molecule is CCC(=O)N(CC1(N2CCN(CCC(C)CC)CC2)CCCC(C)(C)C1)C1=NCC=CC=C1F. The zero-order chi connectivity index (χ0) is 24.8. The number of rotatable bonds is 8. The van der Waals surface area contributed by atoms with Crippen molar-refractivity contribution in [1.29, 1.82) is 0 Å². The molecule has 1 amide bonds. The van der Waals surface area contributed by atoms with E-state index in [1.54, 1.807) is 11.0 Å². The maximum Gasteiger partial charge on any atom is 0.227 e. The van der Waals surface area contributed by atoms with Gasteiger partial charge in [0.05, 0.1) is 6.54 Å². The van der Waals surface area contributed by atoms with Gasteiger partial charge in [0, 0.05) is 44.7 Å². The molecule has 2 unspecified atom stereocenters. The van der Waals surface area contributed by atoms with Crippen LogP contribution in [0.25, 0.3) is 0 Å². The molecule has 2 fully saturated rings. The Morgan fingerprint density at radius 2 is 1.94 bits per heavy atom. The van der Waals surface area contributed by atoms with Crippen LogP contribution in [-0.4, -0.2) is 77.8 Å². The lowest BCUT2D eigenvalue weighted by atomic mass is 9.66. The van der Waals surface area contributed by atoms with Gasteiger partial charge in [-0.05, 0) is 49.6 Å². The summed E-state index contributed by atoms with van der Waals surface area (Å²) < 4.78 is 15.0. The molecule has 3 rings (SSSR count). The van der Waals surface area contributed by atoms with E-state index in [9.17, 15) is 4.79 Å². The Balaban J connectivity index is 1.82. The van der Waals surface area contributed by atoms with Crippen LogP contribution < -0.4 is 0 Å². The van der Waals surface area contributed by atoms with Crippen molar-refractivity contribution in [3.8, 4) is 0 Å². The first-order valence-corrected chi connectivity index (χ1v) is 13.5. The van der Waals surface area contributed by atoms with Gasteiger partial charge in [0.15, 0.2) is 11.7 Å². The second-order valence-corrected chi connectivity index (χ2v) is 11.5. The van der Waals surface area contributed by atoms with E-state index in [0.717, 1.165) is 51.4 Å². The molecule has 2 heterocycles. The lowest BCUT2D eigenvalue weighted by molar-refractivity contribution is -0.130. The summed E-state index contributed by atoms with van der Waals surface area (Å²) in [5, 5.41) is 0. The van der Waals surface area contributed by atoms with E-state index in [1.807, 2.05) is 13.0 Å². The van der Waals surface area contributed by atoms with E-state index in [4.69, 9.17) is 0 Å². The van der Waals surface area contributed by atoms with Crippen molar-refractivity contribution in [1.82, 2.24) is 14.7 Å². The largest absolute Gasteiger partial charge is 0.301 e. The van der Waals surface area contributed by atoms with E-state index < -0.39 is 5.83 Å². The predicted octanol–water partition coefficient (Wildman–Crippen LogP) is 5.44. The molecule has 0 aromatic rings. The molecular weight excluding hydrogens is 427 g/mol. The average Bonchev–Trinajstić information content (AvgIpc) is 3.04. The van der Waals surface area contributed by atoms with Gasteiger partial charge < -0.3 is 4.90 Å². The van der Waals surface area contributed by atoms with Gasteiger partial charge >= 0.3 is 0 Å². The first-order valence-electron chi connectivity index (χ1n) is 13.5. The lowest BCUT2D eigenvalue weighted by Gasteiger charge is -2.55. The number of halogens is 1. The number of hydrogen-bond donors (Lipinski definition) is 0. The fourth-order valence-corrected chi connectivity index (χ4v) is 6.00. The molecule has 2 aliphatic heterocycles. The second kappa shape index (κ2) is 11.9. The van der Waals surface area contributed by atoms with Gasteiger partial charge in [0.1, 0.15) is 0 Å². The highest BCUT2D eigenvalue weighted by Gasteiger charge is 2.47. The van der Waals surface area contributed by atoms with Gasteiger partial charge in [-0.15, -0.1) is 0 Å². The van der Waals surface area contributed by atoms with Gasteiger partial charge in [0.25, 0.3) is 0 Å². The molecule has 1 aliphatic carbocycles. The third-order valence-corrected chi connectivity index (χ3v) is 8.23. The van der Waals surface area contributed by atoms with E-state index in [2.05, 4.69) is 42.5 Å². The van der Waals surface area contributed by atoms with Crippen LogP contribution in [0, 0.1) is 11.3 Å².